The number of ether oxygens (including phenoxy) is 1. The first kappa shape index (κ1) is 10.7. The molecule has 2 unspecified atom stereocenters. The second-order valence-corrected chi connectivity index (χ2v) is 4.19. The Balaban J connectivity index is 1.78. The van der Waals surface area contributed by atoms with Crippen LogP contribution in [-0.2, 0) is 11.3 Å². The molecule has 1 saturated heterocycles. The van der Waals surface area contributed by atoms with Crippen LogP contribution in [0.1, 0.15) is 18.9 Å². The number of aromatic amines is 1. The van der Waals surface area contributed by atoms with E-state index in [9.17, 15) is 5.11 Å². The van der Waals surface area contributed by atoms with Gasteiger partial charge in [0, 0.05) is 38.5 Å². The van der Waals surface area contributed by atoms with Crippen molar-refractivity contribution in [1.29, 1.82) is 0 Å². The Bertz CT molecular complexity index is 300. The number of H-pyrrole nitrogens is 1. The average molecular weight is 210 g/mol. The maximum atomic E-state index is 10.2. The average Bonchev–Trinajstić information content (AvgIpc) is 2.79. The zero-order valence-corrected chi connectivity index (χ0v) is 8.99. The highest BCUT2D eigenvalue weighted by Gasteiger charge is 2.38. The summed E-state index contributed by atoms with van der Waals surface area (Å²) >= 11 is 0. The predicted molar refractivity (Wildman–Crippen MR) is 57.5 cm³/mol. The molecular formula is C11H18N2O2. The van der Waals surface area contributed by atoms with Crippen molar-refractivity contribution in [3.05, 3.63) is 24.0 Å². The number of nitrogens with one attached hydrogen (secondary N) is 2. The predicted octanol–water partition coefficient (Wildman–Crippen LogP) is 0.644. The van der Waals surface area contributed by atoms with Crippen molar-refractivity contribution < 1.29 is 9.84 Å². The van der Waals surface area contributed by atoms with Crippen LogP contribution in [0.2, 0.25) is 0 Å². The van der Waals surface area contributed by atoms with Gasteiger partial charge in [-0.2, -0.15) is 0 Å². The van der Waals surface area contributed by atoms with E-state index in [1.807, 2.05) is 25.4 Å². The highest BCUT2D eigenvalue weighted by molar-refractivity contribution is 5.07. The van der Waals surface area contributed by atoms with Crippen LogP contribution in [0, 0.1) is 0 Å². The number of hydrogen-bond acceptors (Lipinski definition) is 3. The lowest BCUT2D eigenvalue weighted by Crippen LogP contribution is -2.45. The fourth-order valence-corrected chi connectivity index (χ4v) is 1.89. The highest BCUT2D eigenvalue weighted by atomic mass is 16.5. The molecule has 2 atom stereocenters. The number of hydrogen-bond donors (Lipinski definition) is 3. The van der Waals surface area contributed by atoms with Gasteiger partial charge in [-0.1, -0.05) is 0 Å². The summed E-state index contributed by atoms with van der Waals surface area (Å²) in [7, 11) is 0. The SMILES string of the molecule is CC1OCCC1(O)CNCc1cc[nH]c1. The van der Waals surface area contributed by atoms with E-state index in [1.54, 1.807) is 0 Å². The molecule has 1 fully saturated rings. The lowest BCUT2D eigenvalue weighted by atomic mass is 9.97. The summed E-state index contributed by atoms with van der Waals surface area (Å²) in [5.41, 5.74) is 0.501. The first-order valence-electron chi connectivity index (χ1n) is 5.37. The summed E-state index contributed by atoms with van der Waals surface area (Å²) in [6.07, 6.45) is 4.49. The summed E-state index contributed by atoms with van der Waals surface area (Å²) in [5.74, 6) is 0. The second kappa shape index (κ2) is 4.35. The van der Waals surface area contributed by atoms with Gasteiger partial charge in [0.1, 0.15) is 5.60 Å². The van der Waals surface area contributed by atoms with E-state index in [1.165, 1.54) is 5.56 Å². The van der Waals surface area contributed by atoms with E-state index >= 15 is 0 Å². The Morgan fingerprint density at radius 2 is 2.60 bits per heavy atom. The quantitative estimate of drug-likeness (QED) is 0.683. The molecule has 1 aliphatic rings. The van der Waals surface area contributed by atoms with Crippen molar-refractivity contribution in [2.24, 2.45) is 0 Å². The molecule has 2 rings (SSSR count). The van der Waals surface area contributed by atoms with Gasteiger partial charge in [0.2, 0.25) is 0 Å². The first-order valence-corrected chi connectivity index (χ1v) is 5.37. The Labute approximate surface area is 89.6 Å². The van der Waals surface area contributed by atoms with Gasteiger partial charge in [0.25, 0.3) is 0 Å². The smallest absolute Gasteiger partial charge is 0.105 e. The van der Waals surface area contributed by atoms with Gasteiger partial charge in [0.05, 0.1) is 6.10 Å². The van der Waals surface area contributed by atoms with Crippen molar-refractivity contribution in [2.75, 3.05) is 13.2 Å². The summed E-state index contributed by atoms with van der Waals surface area (Å²) < 4.78 is 5.36. The maximum absolute atomic E-state index is 10.2. The fourth-order valence-electron chi connectivity index (χ4n) is 1.89. The molecular weight excluding hydrogens is 192 g/mol. The molecule has 0 aromatic carbocycles. The first-order chi connectivity index (χ1) is 7.21. The van der Waals surface area contributed by atoms with Crippen LogP contribution in [0.25, 0.3) is 0 Å². The second-order valence-electron chi connectivity index (χ2n) is 4.19. The van der Waals surface area contributed by atoms with Crippen LogP contribution in [0.15, 0.2) is 18.5 Å². The Hall–Kier alpha value is -0.840. The molecule has 0 radical (unpaired) electrons. The molecule has 3 N–H and O–H groups in total. The van der Waals surface area contributed by atoms with Gasteiger partial charge in [0.15, 0.2) is 0 Å². The molecule has 1 aromatic heterocycles. The lowest BCUT2D eigenvalue weighted by Gasteiger charge is -2.26. The minimum Gasteiger partial charge on any atom is -0.386 e. The molecule has 1 aliphatic heterocycles. The molecule has 0 amide bonds. The monoisotopic (exact) mass is 210 g/mol. The number of aliphatic hydroxyl groups is 1. The van der Waals surface area contributed by atoms with Crippen molar-refractivity contribution in [3.63, 3.8) is 0 Å². The van der Waals surface area contributed by atoms with Gasteiger partial charge in [-0.05, 0) is 18.6 Å². The molecule has 4 nitrogen and oxygen atoms in total. The van der Waals surface area contributed by atoms with E-state index in [-0.39, 0.29) is 6.10 Å². The Morgan fingerprint density at radius 1 is 1.73 bits per heavy atom. The summed E-state index contributed by atoms with van der Waals surface area (Å²) in [6, 6.07) is 2.02. The molecule has 0 saturated carbocycles. The molecule has 0 aliphatic carbocycles. The van der Waals surface area contributed by atoms with E-state index in [0.29, 0.717) is 19.6 Å². The van der Waals surface area contributed by atoms with E-state index in [4.69, 9.17) is 4.74 Å². The summed E-state index contributed by atoms with van der Waals surface area (Å²) in [6.45, 7) is 3.94. The minimum absolute atomic E-state index is 0.0729. The number of aromatic nitrogens is 1. The largest absolute Gasteiger partial charge is 0.386 e. The van der Waals surface area contributed by atoms with Gasteiger partial charge in [-0.25, -0.2) is 0 Å². The third kappa shape index (κ3) is 2.40. The molecule has 0 spiro atoms. The zero-order valence-electron chi connectivity index (χ0n) is 8.99. The van der Waals surface area contributed by atoms with Crippen molar-refractivity contribution in [3.8, 4) is 0 Å². The van der Waals surface area contributed by atoms with Crippen LogP contribution in [0.4, 0.5) is 0 Å². The summed E-state index contributed by atoms with van der Waals surface area (Å²) in [4.78, 5) is 3.00. The summed E-state index contributed by atoms with van der Waals surface area (Å²) in [5, 5.41) is 13.4. The Morgan fingerprint density at radius 3 is 3.20 bits per heavy atom. The highest BCUT2D eigenvalue weighted by Crippen LogP contribution is 2.24. The Kier molecular flexibility index (Phi) is 3.09. The third-order valence-corrected chi connectivity index (χ3v) is 3.08. The topological polar surface area (TPSA) is 57.3 Å². The van der Waals surface area contributed by atoms with E-state index < -0.39 is 5.60 Å². The third-order valence-electron chi connectivity index (χ3n) is 3.08. The van der Waals surface area contributed by atoms with Gasteiger partial charge < -0.3 is 20.1 Å². The molecule has 0 bridgehead atoms. The van der Waals surface area contributed by atoms with Crippen LogP contribution in [0.3, 0.4) is 0 Å². The normalized spacial score (nSPS) is 30.9. The van der Waals surface area contributed by atoms with Crippen molar-refractivity contribution >= 4 is 0 Å². The van der Waals surface area contributed by atoms with Gasteiger partial charge >= 0.3 is 0 Å². The van der Waals surface area contributed by atoms with Crippen LogP contribution in [-0.4, -0.2) is 34.9 Å². The minimum atomic E-state index is -0.698. The van der Waals surface area contributed by atoms with Gasteiger partial charge in [-0.15, -0.1) is 0 Å². The van der Waals surface area contributed by atoms with Crippen molar-refractivity contribution in [2.45, 2.75) is 31.6 Å². The standard InChI is InChI=1S/C11H18N2O2/c1-9-11(14,3-5-15-9)8-13-7-10-2-4-12-6-10/h2,4,6,9,12-14H,3,5,7-8H2,1H3. The van der Waals surface area contributed by atoms with Gasteiger partial charge in [-0.3, -0.25) is 0 Å². The molecule has 2 heterocycles. The lowest BCUT2D eigenvalue weighted by molar-refractivity contribution is -0.0262. The molecule has 84 valence electrons. The van der Waals surface area contributed by atoms with E-state index in [2.05, 4.69) is 10.3 Å². The van der Waals surface area contributed by atoms with Crippen LogP contribution < -0.4 is 5.32 Å². The maximum Gasteiger partial charge on any atom is 0.105 e. The van der Waals surface area contributed by atoms with Crippen LogP contribution in [0.5, 0.6) is 0 Å². The van der Waals surface area contributed by atoms with Crippen LogP contribution >= 0.6 is 0 Å². The fraction of sp³-hybridized carbons (Fsp3) is 0.636. The zero-order chi connectivity index (χ0) is 10.7. The van der Waals surface area contributed by atoms with E-state index in [0.717, 1.165) is 6.54 Å². The van der Waals surface area contributed by atoms with Crippen molar-refractivity contribution in [1.82, 2.24) is 10.3 Å². The molecule has 4 heteroatoms. The molecule has 15 heavy (non-hydrogen) atoms. The number of rotatable bonds is 4. The molecule has 1 aromatic rings.